The van der Waals surface area contributed by atoms with Crippen molar-refractivity contribution in [3.8, 4) is 0 Å². The summed E-state index contributed by atoms with van der Waals surface area (Å²) in [6, 6.07) is 19.2. The molecule has 2 N–H and O–H groups in total. The van der Waals surface area contributed by atoms with E-state index in [-0.39, 0.29) is 21.6 Å². The van der Waals surface area contributed by atoms with Gasteiger partial charge in [0.2, 0.25) is 0 Å². The molecule has 196 valence electrons. The number of halogens is 2. The van der Waals surface area contributed by atoms with Crippen LogP contribution in [-0.4, -0.2) is 61.1 Å². The summed E-state index contributed by atoms with van der Waals surface area (Å²) < 4.78 is 5.56. The maximum absolute atomic E-state index is 12.8. The van der Waals surface area contributed by atoms with Gasteiger partial charge < -0.3 is 19.9 Å². The smallest absolute Gasteiger partial charge is 0.337 e. The number of rotatable bonds is 5. The molecular weight excluding hydrogens is 592 g/mol. The highest BCUT2D eigenvalue weighted by Crippen LogP contribution is 2.29. The fourth-order valence-electron chi connectivity index (χ4n) is 4.07. The first-order chi connectivity index (χ1) is 18.3. The Morgan fingerprint density at radius 2 is 1.66 bits per heavy atom. The lowest BCUT2D eigenvalue weighted by atomic mass is 10.1. The van der Waals surface area contributed by atoms with E-state index in [1.807, 2.05) is 23.1 Å². The number of thiocarbonyl (C=S) groups is 1. The van der Waals surface area contributed by atoms with Crippen LogP contribution in [0.2, 0.25) is 5.02 Å². The quantitative estimate of drug-likeness (QED) is 0.309. The largest absolute Gasteiger partial charge is 0.465 e. The molecule has 1 aliphatic heterocycles. The topological polar surface area (TPSA) is 91.0 Å². The van der Waals surface area contributed by atoms with E-state index >= 15 is 0 Å². The van der Waals surface area contributed by atoms with E-state index in [4.69, 9.17) is 28.6 Å². The minimum atomic E-state index is -0.506. The minimum Gasteiger partial charge on any atom is -0.465 e. The van der Waals surface area contributed by atoms with E-state index in [0.717, 1.165) is 5.69 Å². The second-order valence-corrected chi connectivity index (χ2v) is 10.1. The van der Waals surface area contributed by atoms with Gasteiger partial charge in [-0.3, -0.25) is 14.9 Å². The van der Waals surface area contributed by atoms with Gasteiger partial charge in [0.25, 0.3) is 11.8 Å². The lowest BCUT2D eigenvalue weighted by Crippen LogP contribution is -2.49. The van der Waals surface area contributed by atoms with Crippen molar-refractivity contribution >= 4 is 74.0 Å². The van der Waals surface area contributed by atoms with Gasteiger partial charge in [-0.15, -0.1) is 0 Å². The molecule has 1 saturated heterocycles. The summed E-state index contributed by atoms with van der Waals surface area (Å²) in [6.07, 6.45) is 0. The van der Waals surface area contributed by atoms with Crippen molar-refractivity contribution in [3.63, 3.8) is 0 Å². The van der Waals surface area contributed by atoms with E-state index in [9.17, 15) is 14.4 Å². The normalized spacial score (nSPS) is 13.0. The maximum atomic E-state index is 12.8. The number of carbonyl (C=O) groups excluding carboxylic acids is 3. The molecule has 2 amide bonds. The fraction of sp³-hybridized carbons (Fsp3) is 0.185. The molecule has 3 aromatic carbocycles. The number of anilines is 2. The highest BCUT2D eigenvalue weighted by Gasteiger charge is 2.24. The van der Waals surface area contributed by atoms with Crippen LogP contribution in [0.1, 0.15) is 31.1 Å². The van der Waals surface area contributed by atoms with Crippen molar-refractivity contribution in [2.75, 3.05) is 43.5 Å². The van der Waals surface area contributed by atoms with E-state index in [1.165, 1.54) is 7.11 Å². The van der Waals surface area contributed by atoms with Gasteiger partial charge in [0.1, 0.15) is 0 Å². The van der Waals surface area contributed by atoms with E-state index in [2.05, 4.69) is 31.5 Å². The second kappa shape index (κ2) is 12.4. The lowest BCUT2D eigenvalue weighted by molar-refractivity contribution is 0.0600. The van der Waals surface area contributed by atoms with E-state index in [1.54, 1.807) is 48.5 Å². The first-order valence-electron chi connectivity index (χ1n) is 11.7. The van der Waals surface area contributed by atoms with Crippen LogP contribution in [0.25, 0.3) is 0 Å². The van der Waals surface area contributed by atoms with Crippen LogP contribution in [0.15, 0.2) is 71.2 Å². The summed E-state index contributed by atoms with van der Waals surface area (Å²) in [5.74, 6) is -0.999. The molecule has 38 heavy (non-hydrogen) atoms. The summed E-state index contributed by atoms with van der Waals surface area (Å²) in [7, 11) is 1.30. The van der Waals surface area contributed by atoms with Crippen LogP contribution in [0.3, 0.4) is 0 Å². The third-order valence-corrected chi connectivity index (χ3v) is 7.02. The van der Waals surface area contributed by atoms with Crippen LogP contribution in [0.4, 0.5) is 11.4 Å². The molecule has 0 spiro atoms. The number of benzene rings is 3. The Morgan fingerprint density at radius 3 is 2.34 bits per heavy atom. The van der Waals surface area contributed by atoms with Gasteiger partial charge in [-0.05, 0) is 60.7 Å². The molecular formula is C27H24BrClN4O4S. The van der Waals surface area contributed by atoms with E-state index in [0.29, 0.717) is 47.5 Å². The van der Waals surface area contributed by atoms with Gasteiger partial charge >= 0.3 is 5.97 Å². The van der Waals surface area contributed by atoms with Crippen molar-refractivity contribution in [2.45, 2.75) is 0 Å². The Kier molecular flexibility index (Phi) is 8.98. The molecule has 0 saturated carbocycles. The highest BCUT2D eigenvalue weighted by molar-refractivity contribution is 9.10. The molecule has 3 aromatic rings. The van der Waals surface area contributed by atoms with Gasteiger partial charge in [-0.2, -0.15) is 0 Å². The summed E-state index contributed by atoms with van der Waals surface area (Å²) in [5, 5.41) is 5.99. The van der Waals surface area contributed by atoms with Crippen LogP contribution in [-0.2, 0) is 4.74 Å². The van der Waals surface area contributed by atoms with Gasteiger partial charge in [-0.1, -0.05) is 45.7 Å². The number of hydrogen-bond donors (Lipinski definition) is 2. The molecule has 0 unspecified atom stereocenters. The summed E-state index contributed by atoms with van der Waals surface area (Å²) >= 11 is 14.9. The average Bonchev–Trinajstić information content (AvgIpc) is 2.94. The molecule has 0 radical (unpaired) electrons. The Labute approximate surface area is 239 Å². The molecule has 8 nitrogen and oxygen atoms in total. The average molecular weight is 616 g/mol. The summed E-state index contributed by atoms with van der Waals surface area (Å²) in [5.41, 5.74) is 2.51. The van der Waals surface area contributed by atoms with Crippen molar-refractivity contribution in [3.05, 3.63) is 92.9 Å². The third kappa shape index (κ3) is 6.50. The van der Waals surface area contributed by atoms with Crippen molar-refractivity contribution in [1.82, 2.24) is 10.2 Å². The zero-order chi connectivity index (χ0) is 27.2. The third-order valence-electron chi connectivity index (χ3n) is 5.99. The minimum absolute atomic E-state index is 0.0141. The Morgan fingerprint density at radius 1 is 0.947 bits per heavy atom. The molecule has 1 heterocycles. The number of methoxy groups -OCH3 is 1. The molecule has 0 atom stereocenters. The number of ether oxygens (including phenoxy) is 1. The van der Waals surface area contributed by atoms with Gasteiger partial charge in [0.15, 0.2) is 5.11 Å². The SMILES string of the molecule is COC(=O)c1ccc(N2CCN(C(=O)c3ccccc3)CC2)c(NC(=S)NC(=O)c2cc(Br)ccc2Cl)c1. The zero-order valence-electron chi connectivity index (χ0n) is 20.4. The number of amides is 2. The number of nitrogens with zero attached hydrogens (tertiary/aromatic N) is 2. The number of nitrogens with one attached hydrogen (secondary N) is 2. The van der Waals surface area contributed by atoms with Gasteiger partial charge in [0.05, 0.1) is 34.6 Å². The van der Waals surface area contributed by atoms with Gasteiger partial charge in [0, 0.05) is 36.2 Å². The number of piperazine rings is 1. The molecule has 1 fully saturated rings. The second-order valence-electron chi connectivity index (χ2n) is 8.40. The molecule has 4 rings (SSSR count). The maximum Gasteiger partial charge on any atom is 0.337 e. The Balaban J connectivity index is 1.50. The number of esters is 1. The number of hydrogen-bond acceptors (Lipinski definition) is 6. The van der Waals surface area contributed by atoms with Crippen LogP contribution < -0.4 is 15.5 Å². The van der Waals surface area contributed by atoms with Crippen molar-refractivity contribution in [1.29, 1.82) is 0 Å². The monoisotopic (exact) mass is 614 g/mol. The number of carbonyl (C=O) groups is 3. The Hall–Kier alpha value is -3.47. The molecule has 11 heteroatoms. The standard InChI is InChI=1S/C27H24BrClN4O4S/c1-37-26(36)18-7-10-23(32-11-13-33(14-12-32)25(35)17-5-3-2-4-6-17)22(15-18)30-27(38)31-24(34)20-16-19(28)8-9-21(20)29/h2-10,15-16H,11-14H2,1H3,(H2,30,31,34,38). The Bertz CT molecular complexity index is 1380. The highest BCUT2D eigenvalue weighted by atomic mass is 79.9. The van der Waals surface area contributed by atoms with Crippen LogP contribution >= 0.6 is 39.7 Å². The van der Waals surface area contributed by atoms with E-state index < -0.39 is 11.9 Å². The first kappa shape index (κ1) is 27.6. The predicted octanol–water partition coefficient (Wildman–Crippen LogP) is 4.98. The van der Waals surface area contributed by atoms with Crippen molar-refractivity contribution in [2.24, 2.45) is 0 Å². The molecule has 0 aliphatic carbocycles. The first-order valence-corrected chi connectivity index (χ1v) is 13.2. The lowest BCUT2D eigenvalue weighted by Gasteiger charge is -2.37. The van der Waals surface area contributed by atoms with Crippen molar-refractivity contribution < 1.29 is 19.1 Å². The van der Waals surface area contributed by atoms with Crippen LogP contribution in [0, 0.1) is 0 Å². The zero-order valence-corrected chi connectivity index (χ0v) is 23.5. The summed E-state index contributed by atoms with van der Waals surface area (Å²) in [6.45, 7) is 2.18. The van der Waals surface area contributed by atoms with Crippen LogP contribution in [0.5, 0.6) is 0 Å². The predicted molar refractivity (Wildman–Crippen MR) is 155 cm³/mol. The fourth-order valence-corrected chi connectivity index (χ4v) is 4.83. The molecule has 0 aromatic heterocycles. The summed E-state index contributed by atoms with van der Waals surface area (Å²) in [4.78, 5) is 41.7. The molecule has 0 bridgehead atoms. The molecule has 1 aliphatic rings. The van der Waals surface area contributed by atoms with Gasteiger partial charge in [-0.25, -0.2) is 4.79 Å².